The zero-order chi connectivity index (χ0) is 60.5. The second-order valence-corrected chi connectivity index (χ2v) is 45.4. The van der Waals surface area contributed by atoms with Gasteiger partial charge in [0.15, 0.2) is 0 Å². The molecule has 18 aliphatic heterocycles. The normalized spacial score (nSPS) is 58.4. The molecule has 18 heterocycles. The minimum absolute atomic E-state index is 0. The molecule has 18 aliphatic rings. The molecule has 24 nitrogen and oxygen atoms in total. The van der Waals surface area contributed by atoms with E-state index in [1.807, 2.05) is 0 Å². The van der Waals surface area contributed by atoms with Gasteiger partial charge in [-0.15, -0.1) is 0 Å². The van der Waals surface area contributed by atoms with Crippen molar-refractivity contribution in [3.05, 3.63) is 0 Å². The van der Waals surface area contributed by atoms with E-state index < -0.39 is 45.6 Å². The van der Waals surface area contributed by atoms with Gasteiger partial charge >= 0.3 is 62.6 Å². The Kier molecular flexibility index (Phi) is 17.7. The molecule has 0 spiro atoms. The van der Waals surface area contributed by atoms with E-state index in [9.17, 15) is 27.4 Å². The Hall–Kier alpha value is 1.18. The monoisotopic (exact) mass is 1350 g/mol. The minimum Gasteiger partial charge on any atom is -0.277 e. The van der Waals surface area contributed by atoms with Crippen molar-refractivity contribution in [2.75, 3.05) is 118 Å². The molecule has 0 aliphatic carbocycles. The SMILES string of the molecule is CC1CN1P(=[OH+])(N1CC1C)N1CC1C.CC1CN1P(=[OH+])(N1CC1C)N1CC1C.CC1CN1P(=[OH+])(N1CC1C)N1CC1C.CC1CN1P(=[OH+])(N1CC1C)N1CC1C.CC1CN1P(=[OH+])(N1CC1C)N1CC1C.CC1CN1P(=[OH+])(N1CC1C)N1CC1C.[Fe+3]. The fourth-order valence-corrected chi connectivity index (χ4v) is 36.4. The predicted molar refractivity (Wildman–Crippen MR) is 344 cm³/mol. The van der Waals surface area contributed by atoms with Crippen molar-refractivity contribution in [3.8, 4) is 0 Å². The van der Waals surface area contributed by atoms with Crippen LogP contribution in [0.25, 0.3) is 0 Å². The van der Waals surface area contributed by atoms with Gasteiger partial charge < -0.3 is 0 Å². The summed E-state index contributed by atoms with van der Waals surface area (Å²) in [5, 5.41) is 0. The van der Waals surface area contributed by atoms with E-state index in [2.05, 4.69) is 209 Å². The standard InChI is InChI=1S/6C9H18N3OP.Fe/c6*1-7-4-10(7)14(13,11-5-8(11)2)12-6-9(12)3;/h6*7-9H,4-6H2,1-3H3;/q;;;;;;+3/p+6. The molecule has 0 bridgehead atoms. The van der Waals surface area contributed by atoms with E-state index in [0.29, 0.717) is 109 Å². The van der Waals surface area contributed by atoms with E-state index in [4.69, 9.17) is 0 Å². The van der Waals surface area contributed by atoms with Crippen LogP contribution in [0.3, 0.4) is 0 Å². The molecule has 485 valence electrons. The quantitative estimate of drug-likeness (QED) is 0.0598. The third kappa shape index (κ3) is 12.5. The molecule has 31 heteroatoms. The fourth-order valence-electron chi connectivity index (χ4n) is 13.4. The van der Waals surface area contributed by atoms with Gasteiger partial charge in [0, 0.05) is 227 Å². The van der Waals surface area contributed by atoms with E-state index in [1.165, 1.54) is 0 Å². The van der Waals surface area contributed by atoms with Gasteiger partial charge in [-0.1, -0.05) is 0 Å². The van der Waals surface area contributed by atoms with Gasteiger partial charge in [-0.2, -0.15) is 84.1 Å². The van der Waals surface area contributed by atoms with Gasteiger partial charge in [-0.05, 0) is 125 Å². The molecule has 0 aromatic rings. The van der Waals surface area contributed by atoms with Crippen LogP contribution in [0.15, 0.2) is 0 Å². The first-order valence-corrected chi connectivity index (χ1v) is 42.5. The molecule has 6 N–H and O–H groups in total. The molecular weight excluding hydrogens is 1240 g/mol. The van der Waals surface area contributed by atoms with Crippen LogP contribution in [0.4, 0.5) is 0 Å². The van der Waals surface area contributed by atoms with Crippen LogP contribution in [0.2, 0.25) is 0 Å². The van der Waals surface area contributed by atoms with Crippen molar-refractivity contribution < 1.29 is 44.5 Å². The van der Waals surface area contributed by atoms with Crippen LogP contribution in [0.5, 0.6) is 0 Å². The van der Waals surface area contributed by atoms with E-state index in [0.717, 1.165) is 118 Å². The summed E-state index contributed by atoms with van der Waals surface area (Å²) < 4.78 is 106. The Bertz CT molecular complexity index is 2130. The molecule has 36 atom stereocenters. The Morgan fingerprint density at radius 2 is 0.188 bits per heavy atom. The van der Waals surface area contributed by atoms with Gasteiger partial charge in [-0.25, -0.2) is 0 Å². The summed E-state index contributed by atoms with van der Waals surface area (Å²) in [5.41, 5.74) is 0. The number of nitrogens with zero attached hydrogens (tertiary/aromatic N) is 18. The molecular formula is C54H114FeN18O6P6+9. The molecule has 18 saturated heterocycles. The van der Waals surface area contributed by atoms with Crippen LogP contribution in [-0.2, 0) is 17.1 Å². The zero-order valence-electron chi connectivity index (χ0n) is 54.9. The van der Waals surface area contributed by atoms with Crippen LogP contribution < -0.4 is 0 Å². The first kappa shape index (κ1) is 66.2. The summed E-state index contributed by atoms with van der Waals surface area (Å²) in [7, 11) is -12.1. The maximum absolute atomic E-state index is 10.8. The average Bonchev–Trinajstić information content (AvgIpc) is 1.72. The molecule has 0 aromatic heterocycles. The third-order valence-corrected chi connectivity index (χ3v) is 43.5. The second-order valence-electron chi connectivity index (χ2n) is 29.7. The van der Waals surface area contributed by atoms with Gasteiger partial charge in [0.1, 0.15) is 0 Å². The van der Waals surface area contributed by atoms with Gasteiger partial charge in [0.2, 0.25) is 0 Å². The van der Waals surface area contributed by atoms with Gasteiger partial charge in [-0.3, -0.25) is 27.4 Å². The minimum atomic E-state index is -2.02. The van der Waals surface area contributed by atoms with E-state index in [1.54, 1.807) is 0 Å². The summed E-state index contributed by atoms with van der Waals surface area (Å²) >= 11 is 0. The number of hydrogen-bond acceptors (Lipinski definition) is 0. The maximum atomic E-state index is 10.8. The van der Waals surface area contributed by atoms with Crippen molar-refractivity contribution in [2.24, 2.45) is 0 Å². The first-order valence-electron chi connectivity index (χ1n) is 32.9. The molecule has 0 amide bonds. The third-order valence-electron chi connectivity index (χ3n) is 21.1. The summed E-state index contributed by atoms with van der Waals surface area (Å²) in [6.07, 6.45) is 0. The van der Waals surface area contributed by atoms with Crippen molar-refractivity contribution >= 4 is 45.6 Å². The van der Waals surface area contributed by atoms with Crippen molar-refractivity contribution in [1.29, 1.82) is 0 Å². The summed E-state index contributed by atoms with van der Waals surface area (Å²) in [4.78, 5) is 0. The molecule has 0 aromatic carbocycles. The Labute approximate surface area is 522 Å². The summed E-state index contributed by atoms with van der Waals surface area (Å²) in [6, 6.07) is 10.6. The molecule has 1 radical (unpaired) electrons. The Morgan fingerprint density at radius 3 is 0.212 bits per heavy atom. The van der Waals surface area contributed by atoms with Crippen molar-refractivity contribution in [3.63, 3.8) is 0 Å². The van der Waals surface area contributed by atoms with Crippen LogP contribution in [-0.4, -0.2) is 338 Å². The smallest absolute Gasteiger partial charge is 0.277 e. The van der Waals surface area contributed by atoms with Gasteiger partial charge in [0.05, 0.1) is 0 Å². The summed E-state index contributed by atoms with van der Waals surface area (Å²) in [5.74, 6) is 0. The van der Waals surface area contributed by atoms with Crippen molar-refractivity contribution in [2.45, 2.75) is 233 Å². The fraction of sp³-hybridized carbons (Fsp3) is 1.00. The zero-order valence-corrected chi connectivity index (χ0v) is 61.4. The number of hydrogen-bond donors (Lipinski definition) is 0. The molecule has 0 saturated carbocycles. The van der Waals surface area contributed by atoms with E-state index in [-0.39, 0.29) is 17.1 Å². The molecule has 18 rings (SSSR count). The van der Waals surface area contributed by atoms with Crippen LogP contribution in [0.1, 0.15) is 125 Å². The largest absolute Gasteiger partial charge is 3.00 e. The average molecular weight is 1350 g/mol. The van der Waals surface area contributed by atoms with Gasteiger partial charge in [0.25, 0.3) is 0 Å². The van der Waals surface area contributed by atoms with Crippen LogP contribution >= 0.6 is 45.6 Å². The number of rotatable bonds is 18. The Balaban J connectivity index is 0.0000000998. The van der Waals surface area contributed by atoms with Crippen LogP contribution in [0, 0.1) is 0 Å². The Morgan fingerprint density at radius 1 is 0.153 bits per heavy atom. The first-order chi connectivity index (χ1) is 39.3. The van der Waals surface area contributed by atoms with E-state index >= 15 is 0 Å². The second kappa shape index (κ2) is 22.7. The van der Waals surface area contributed by atoms with Crippen molar-refractivity contribution in [1.82, 2.24) is 84.1 Å². The predicted octanol–water partition coefficient (Wildman–Crippen LogP) is 6.89. The maximum Gasteiger partial charge on any atom is 3.00 e. The molecule has 85 heavy (non-hydrogen) atoms. The molecule has 36 unspecified atom stereocenters. The molecule has 18 fully saturated rings. The topological polar surface area (TPSA) is 183 Å². The summed E-state index contributed by atoms with van der Waals surface area (Å²) in [6.45, 7) is 59.1.